The lowest BCUT2D eigenvalue weighted by Crippen LogP contribution is -2.23. The fourth-order valence-corrected chi connectivity index (χ4v) is 2.86. The number of aromatic nitrogens is 1. The van der Waals surface area contributed by atoms with Gasteiger partial charge >= 0.3 is 0 Å². The van der Waals surface area contributed by atoms with Gasteiger partial charge in [-0.25, -0.2) is 4.39 Å². The molecule has 138 valence electrons. The lowest BCUT2D eigenvalue weighted by atomic mass is 9.93. The first-order chi connectivity index (χ1) is 13.2. The fourth-order valence-electron chi connectivity index (χ4n) is 2.86. The van der Waals surface area contributed by atoms with E-state index in [1.165, 1.54) is 12.1 Å². The van der Waals surface area contributed by atoms with Gasteiger partial charge in [0.15, 0.2) is 0 Å². The Bertz CT molecular complexity index is 882. The molecule has 1 heterocycles. The van der Waals surface area contributed by atoms with E-state index in [9.17, 15) is 9.18 Å². The minimum absolute atomic E-state index is 0.195. The van der Waals surface area contributed by atoms with Gasteiger partial charge in [-0.05, 0) is 48.9 Å². The second-order valence-electron chi connectivity index (χ2n) is 6.05. The van der Waals surface area contributed by atoms with E-state index in [4.69, 9.17) is 4.74 Å². The Hall–Kier alpha value is -3.21. The molecule has 0 radical (unpaired) electrons. The van der Waals surface area contributed by atoms with Crippen molar-refractivity contribution in [2.45, 2.75) is 19.3 Å². The summed E-state index contributed by atoms with van der Waals surface area (Å²) < 4.78 is 18.9. The van der Waals surface area contributed by atoms with Crippen LogP contribution in [0.2, 0.25) is 0 Å². The van der Waals surface area contributed by atoms with Crippen LogP contribution in [0.4, 0.5) is 10.1 Å². The van der Waals surface area contributed by atoms with E-state index in [1.807, 2.05) is 43.3 Å². The molecule has 1 unspecified atom stereocenters. The number of amides is 1. The van der Waals surface area contributed by atoms with Crippen molar-refractivity contribution < 1.29 is 13.9 Å². The standard InChI is InChI=1S/C22H21FN2O2/c1-2-27-21-9-4-3-8-20(21)25-22(26)19(15-18-7-5-6-14-24-18)16-10-12-17(23)13-11-16/h3-14,19H,2,15H2,1H3,(H,25,26). The number of carbonyl (C=O) groups is 1. The molecule has 1 amide bonds. The minimum atomic E-state index is -0.504. The van der Waals surface area contributed by atoms with Crippen molar-refractivity contribution >= 4 is 11.6 Å². The van der Waals surface area contributed by atoms with Crippen LogP contribution < -0.4 is 10.1 Å². The Labute approximate surface area is 158 Å². The maximum absolute atomic E-state index is 13.3. The van der Waals surface area contributed by atoms with Crippen molar-refractivity contribution in [1.29, 1.82) is 0 Å². The molecular formula is C22H21FN2O2. The summed E-state index contributed by atoms with van der Waals surface area (Å²) in [6.07, 6.45) is 2.11. The molecule has 0 fully saturated rings. The molecule has 1 atom stereocenters. The van der Waals surface area contributed by atoms with Crippen LogP contribution in [-0.4, -0.2) is 17.5 Å². The lowest BCUT2D eigenvalue weighted by Gasteiger charge is -2.18. The van der Waals surface area contributed by atoms with Gasteiger partial charge in [-0.2, -0.15) is 0 Å². The van der Waals surface area contributed by atoms with Gasteiger partial charge in [0, 0.05) is 18.3 Å². The summed E-state index contributed by atoms with van der Waals surface area (Å²) in [5.74, 6) is -0.420. The summed E-state index contributed by atoms with van der Waals surface area (Å²) in [6, 6.07) is 18.9. The maximum atomic E-state index is 13.3. The van der Waals surface area contributed by atoms with Gasteiger partial charge in [-0.1, -0.05) is 30.3 Å². The molecular weight excluding hydrogens is 343 g/mol. The van der Waals surface area contributed by atoms with E-state index in [1.54, 1.807) is 24.4 Å². The summed E-state index contributed by atoms with van der Waals surface area (Å²) in [6.45, 7) is 2.39. The van der Waals surface area contributed by atoms with Crippen LogP contribution in [0.5, 0.6) is 5.75 Å². The molecule has 3 rings (SSSR count). The van der Waals surface area contributed by atoms with Gasteiger partial charge in [0.05, 0.1) is 18.2 Å². The number of pyridine rings is 1. The van der Waals surface area contributed by atoms with E-state index in [0.29, 0.717) is 24.5 Å². The van der Waals surface area contributed by atoms with Crippen LogP contribution in [-0.2, 0) is 11.2 Å². The number of para-hydroxylation sites is 2. The average molecular weight is 364 g/mol. The third-order valence-electron chi connectivity index (χ3n) is 4.17. The second-order valence-corrected chi connectivity index (χ2v) is 6.05. The van der Waals surface area contributed by atoms with Crippen molar-refractivity contribution in [3.8, 4) is 5.75 Å². The molecule has 0 aliphatic rings. The summed E-state index contributed by atoms with van der Waals surface area (Å²) >= 11 is 0. The molecule has 0 aliphatic carbocycles. The summed E-state index contributed by atoms with van der Waals surface area (Å²) in [5, 5.41) is 2.94. The van der Waals surface area contributed by atoms with Gasteiger partial charge in [0.25, 0.3) is 0 Å². The molecule has 0 aliphatic heterocycles. The van der Waals surface area contributed by atoms with Crippen molar-refractivity contribution in [3.63, 3.8) is 0 Å². The molecule has 4 nitrogen and oxygen atoms in total. The monoisotopic (exact) mass is 364 g/mol. The van der Waals surface area contributed by atoms with Gasteiger partial charge in [-0.3, -0.25) is 9.78 Å². The Morgan fingerprint density at radius 1 is 1.07 bits per heavy atom. The molecule has 0 spiro atoms. The zero-order valence-corrected chi connectivity index (χ0v) is 15.1. The smallest absolute Gasteiger partial charge is 0.232 e. The van der Waals surface area contributed by atoms with E-state index in [0.717, 1.165) is 11.3 Å². The van der Waals surface area contributed by atoms with E-state index in [2.05, 4.69) is 10.3 Å². The molecule has 1 N–H and O–H groups in total. The third kappa shape index (κ3) is 4.91. The molecule has 0 bridgehead atoms. The van der Waals surface area contributed by atoms with Crippen LogP contribution in [0.1, 0.15) is 24.1 Å². The number of rotatable bonds is 7. The van der Waals surface area contributed by atoms with Gasteiger partial charge in [0.1, 0.15) is 11.6 Å². The van der Waals surface area contributed by atoms with Gasteiger partial charge in [-0.15, -0.1) is 0 Å². The minimum Gasteiger partial charge on any atom is -0.492 e. The Kier molecular flexibility index (Phi) is 6.15. The van der Waals surface area contributed by atoms with E-state index in [-0.39, 0.29) is 11.7 Å². The number of hydrogen-bond acceptors (Lipinski definition) is 3. The Balaban J connectivity index is 1.87. The number of anilines is 1. The Morgan fingerprint density at radius 2 is 1.81 bits per heavy atom. The second kappa shape index (κ2) is 8.94. The topological polar surface area (TPSA) is 51.2 Å². The first-order valence-electron chi connectivity index (χ1n) is 8.85. The molecule has 5 heteroatoms. The molecule has 27 heavy (non-hydrogen) atoms. The van der Waals surface area contributed by atoms with Crippen molar-refractivity contribution in [2.24, 2.45) is 0 Å². The molecule has 3 aromatic rings. The Morgan fingerprint density at radius 3 is 2.52 bits per heavy atom. The first-order valence-corrected chi connectivity index (χ1v) is 8.85. The number of hydrogen-bond donors (Lipinski definition) is 1. The van der Waals surface area contributed by atoms with Crippen molar-refractivity contribution in [2.75, 3.05) is 11.9 Å². The normalized spacial score (nSPS) is 11.6. The molecule has 0 saturated carbocycles. The predicted octanol–water partition coefficient (Wildman–Crippen LogP) is 4.58. The quantitative estimate of drug-likeness (QED) is 0.667. The highest BCUT2D eigenvalue weighted by Crippen LogP contribution is 2.27. The number of nitrogens with zero attached hydrogens (tertiary/aromatic N) is 1. The van der Waals surface area contributed by atoms with E-state index >= 15 is 0 Å². The summed E-state index contributed by atoms with van der Waals surface area (Å²) in [7, 11) is 0. The number of benzene rings is 2. The van der Waals surface area contributed by atoms with Gasteiger partial charge in [0.2, 0.25) is 5.91 Å². The predicted molar refractivity (Wildman–Crippen MR) is 103 cm³/mol. The highest BCUT2D eigenvalue weighted by molar-refractivity contribution is 5.97. The highest BCUT2D eigenvalue weighted by atomic mass is 19.1. The zero-order chi connectivity index (χ0) is 19.1. The fraction of sp³-hybridized carbons (Fsp3) is 0.182. The SMILES string of the molecule is CCOc1ccccc1NC(=O)C(Cc1ccccn1)c1ccc(F)cc1. The van der Waals surface area contributed by atoms with Crippen molar-refractivity contribution in [3.05, 3.63) is 90.0 Å². The third-order valence-corrected chi connectivity index (χ3v) is 4.17. The zero-order valence-electron chi connectivity index (χ0n) is 15.1. The molecule has 0 saturated heterocycles. The van der Waals surface area contributed by atoms with Crippen LogP contribution >= 0.6 is 0 Å². The number of carbonyl (C=O) groups excluding carboxylic acids is 1. The van der Waals surface area contributed by atoms with Gasteiger partial charge < -0.3 is 10.1 Å². The first kappa shape index (κ1) is 18.6. The van der Waals surface area contributed by atoms with Crippen LogP contribution in [0.3, 0.4) is 0 Å². The largest absolute Gasteiger partial charge is 0.492 e. The van der Waals surface area contributed by atoms with Crippen LogP contribution in [0, 0.1) is 5.82 Å². The van der Waals surface area contributed by atoms with Crippen LogP contribution in [0.15, 0.2) is 72.9 Å². The van der Waals surface area contributed by atoms with Crippen LogP contribution in [0.25, 0.3) is 0 Å². The number of ether oxygens (including phenoxy) is 1. The molecule has 1 aromatic heterocycles. The highest BCUT2D eigenvalue weighted by Gasteiger charge is 2.23. The average Bonchev–Trinajstić information content (AvgIpc) is 2.69. The number of nitrogens with one attached hydrogen (secondary N) is 1. The van der Waals surface area contributed by atoms with E-state index < -0.39 is 5.92 Å². The maximum Gasteiger partial charge on any atom is 0.232 e. The van der Waals surface area contributed by atoms with Crippen molar-refractivity contribution in [1.82, 2.24) is 4.98 Å². The summed E-state index contributed by atoms with van der Waals surface area (Å²) in [5.41, 5.74) is 2.13. The lowest BCUT2D eigenvalue weighted by molar-refractivity contribution is -0.117. The number of halogens is 1. The summed E-state index contributed by atoms with van der Waals surface area (Å²) in [4.78, 5) is 17.4. The molecule has 2 aromatic carbocycles.